The first-order chi connectivity index (χ1) is 11.7. The van der Waals surface area contributed by atoms with Crippen LogP contribution in [0.15, 0.2) is 18.2 Å². The number of nitrogens with zero attached hydrogens (tertiary/aromatic N) is 3. The Morgan fingerprint density at radius 3 is 2.88 bits per heavy atom. The minimum Gasteiger partial charge on any atom is -0.454 e. The third kappa shape index (κ3) is 2.22. The van der Waals surface area contributed by atoms with E-state index in [0.717, 1.165) is 34.5 Å². The van der Waals surface area contributed by atoms with E-state index in [2.05, 4.69) is 15.4 Å². The number of aryl methyl sites for hydroxylation is 1. The average molecular weight is 342 g/mol. The van der Waals surface area contributed by atoms with Gasteiger partial charge in [-0.15, -0.1) is 0 Å². The lowest BCUT2D eigenvalue weighted by Crippen LogP contribution is -2.16. The minimum absolute atomic E-state index is 0.0537. The summed E-state index contributed by atoms with van der Waals surface area (Å²) in [5.41, 5.74) is 1.65. The highest BCUT2D eigenvalue weighted by Crippen LogP contribution is 2.39. The summed E-state index contributed by atoms with van der Waals surface area (Å²) in [6.07, 6.45) is 1.93. The molecule has 0 unspecified atom stereocenters. The van der Waals surface area contributed by atoms with Gasteiger partial charge in [-0.3, -0.25) is 4.79 Å². The summed E-state index contributed by atoms with van der Waals surface area (Å²) in [7, 11) is 0. The largest absolute Gasteiger partial charge is 0.454 e. The van der Waals surface area contributed by atoms with Crippen molar-refractivity contribution in [3.63, 3.8) is 0 Å². The molecule has 0 saturated heterocycles. The van der Waals surface area contributed by atoms with Crippen molar-refractivity contribution in [1.82, 2.24) is 14.8 Å². The number of aromatic nitrogens is 3. The molecule has 24 heavy (non-hydrogen) atoms. The molecule has 1 fully saturated rings. The third-order valence-electron chi connectivity index (χ3n) is 4.08. The molecule has 3 heterocycles. The molecule has 5 rings (SSSR count). The van der Waals surface area contributed by atoms with Gasteiger partial charge in [0.2, 0.25) is 17.8 Å². The van der Waals surface area contributed by atoms with Gasteiger partial charge in [-0.1, -0.05) is 11.3 Å². The van der Waals surface area contributed by atoms with Crippen LogP contribution in [-0.2, 0) is 4.79 Å². The van der Waals surface area contributed by atoms with Gasteiger partial charge in [-0.05, 0) is 19.8 Å². The maximum atomic E-state index is 12.1. The molecule has 8 heteroatoms. The van der Waals surface area contributed by atoms with Gasteiger partial charge in [0.1, 0.15) is 5.82 Å². The van der Waals surface area contributed by atoms with Gasteiger partial charge in [0, 0.05) is 24.1 Å². The van der Waals surface area contributed by atoms with Gasteiger partial charge >= 0.3 is 0 Å². The second-order valence-electron chi connectivity index (χ2n) is 6.02. The smallest absolute Gasteiger partial charge is 0.231 e. The maximum absolute atomic E-state index is 12.1. The lowest BCUT2D eigenvalue weighted by molar-refractivity contribution is -0.117. The van der Waals surface area contributed by atoms with Crippen LogP contribution in [-0.4, -0.2) is 27.5 Å². The van der Waals surface area contributed by atoms with Crippen LogP contribution in [0.4, 0.5) is 5.82 Å². The van der Waals surface area contributed by atoms with Crippen LogP contribution < -0.4 is 14.8 Å². The maximum Gasteiger partial charge on any atom is 0.231 e. The molecule has 0 bridgehead atoms. The molecular weight excluding hydrogens is 328 g/mol. The molecule has 2 aliphatic rings. The first-order valence-corrected chi connectivity index (χ1v) is 8.57. The summed E-state index contributed by atoms with van der Waals surface area (Å²) in [5.74, 6) is 2.29. The predicted octanol–water partition coefficient (Wildman–Crippen LogP) is 2.87. The summed E-state index contributed by atoms with van der Waals surface area (Å²) in [6.45, 7) is 2.14. The predicted molar refractivity (Wildman–Crippen MR) is 89.0 cm³/mol. The second-order valence-corrected chi connectivity index (χ2v) is 7.03. The van der Waals surface area contributed by atoms with Crippen molar-refractivity contribution in [3.8, 4) is 16.6 Å². The van der Waals surface area contributed by atoms with Crippen LogP contribution >= 0.6 is 11.3 Å². The van der Waals surface area contributed by atoms with E-state index in [0.29, 0.717) is 16.7 Å². The van der Waals surface area contributed by atoms with E-state index >= 15 is 0 Å². The van der Waals surface area contributed by atoms with Crippen LogP contribution in [0.3, 0.4) is 0 Å². The number of carbonyl (C=O) groups excluding carboxylic acids is 1. The first kappa shape index (κ1) is 13.8. The summed E-state index contributed by atoms with van der Waals surface area (Å²) >= 11 is 1.50. The van der Waals surface area contributed by atoms with Crippen LogP contribution in [0.25, 0.3) is 15.3 Å². The van der Waals surface area contributed by atoms with Gasteiger partial charge < -0.3 is 14.8 Å². The number of hydrogen-bond donors (Lipinski definition) is 1. The Balaban J connectivity index is 1.56. The molecule has 1 saturated carbocycles. The summed E-state index contributed by atoms with van der Waals surface area (Å²) in [4.78, 5) is 16.7. The lowest BCUT2D eigenvalue weighted by atomic mass is 10.3. The van der Waals surface area contributed by atoms with Crippen molar-refractivity contribution in [2.75, 3.05) is 12.1 Å². The SMILES string of the molecule is Cc1cc(NC(=O)C2CC2)n(-c2nc3cc4c(cc3s2)OCO4)n1. The van der Waals surface area contributed by atoms with Crippen LogP contribution in [0, 0.1) is 12.8 Å². The second kappa shape index (κ2) is 4.94. The molecule has 0 atom stereocenters. The van der Waals surface area contributed by atoms with Crippen molar-refractivity contribution >= 4 is 33.3 Å². The Kier molecular flexibility index (Phi) is 2.84. The highest BCUT2D eigenvalue weighted by atomic mass is 32.1. The van der Waals surface area contributed by atoms with E-state index in [1.54, 1.807) is 4.68 Å². The zero-order chi connectivity index (χ0) is 16.3. The van der Waals surface area contributed by atoms with Gasteiger partial charge in [0.15, 0.2) is 11.5 Å². The van der Waals surface area contributed by atoms with Crippen molar-refractivity contribution in [2.45, 2.75) is 19.8 Å². The van der Waals surface area contributed by atoms with E-state index in [1.807, 2.05) is 25.1 Å². The molecule has 2 aromatic heterocycles. The molecule has 1 aliphatic carbocycles. The average Bonchev–Trinajstić information content (AvgIpc) is 3.01. The number of benzene rings is 1. The fourth-order valence-corrected chi connectivity index (χ4v) is 3.65. The minimum atomic E-state index is 0.0537. The van der Waals surface area contributed by atoms with E-state index in [9.17, 15) is 4.79 Å². The molecule has 1 amide bonds. The standard InChI is InChI=1S/C16H14N4O3S/c1-8-4-14(18-15(21)9-2-3-9)20(19-8)16-17-10-5-11-12(23-7-22-11)6-13(10)24-16/h4-6,9H,2-3,7H2,1H3,(H,18,21). The van der Waals surface area contributed by atoms with E-state index in [-0.39, 0.29) is 18.6 Å². The quantitative estimate of drug-likeness (QED) is 0.792. The Morgan fingerprint density at radius 1 is 1.29 bits per heavy atom. The van der Waals surface area contributed by atoms with Crippen molar-refractivity contribution in [1.29, 1.82) is 0 Å². The molecule has 0 radical (unpaired) electrons. The van der Waals surface area contributed by atoms with Gasteiger partial charge in [-0.25, -0.2) is 4.98 Å². The normalized spacial score (nSPS) is 15.9. The number of anilines is 1. The van der Waals surface area contributed by atoms with Gasteiger partial charge in [0.25, 0.3) is 0 Å². The number of rotatable bonds is 3. The van der Waals surface area contributed by atoms with Gasteiger partial charge in [-0.2, -0.15) is 9.78 Å². The summed E-state index contributed by atoms with van der Waals surface area (Å²) < 4.78 is 13.5. The van der Waals surface area contributed by atoms with E-state index < -0.39 is 0 Å². The summed E-state index contributed by atoms with van der Waals surface area (Å²) in [5, 5.41) is 8.14. The first-order valence-electron chi connectivity index (χ1n) is 7.75. The highest BCUT2D eigenvalue weighted by Gasteiger charge is 2.30. The molecule has 0 spiro atoms. The highest BCUT2D eigenvalue weighted by molar-refractivity contribution is 7.20. The van der Waals surface area contributed by atoms with Crippen LogP contribution in [0.2, 0.25) is 0 Å². The number of fused-ring (bicyclic) bond motifs is 2. The molecule has 1 N–H and O–H groups in total. The molecule has 122 valence electrons. The van der Waals surface area contributed by atoms with Crippen molar-refractivity contribution in [3.05, 3.63) is 23.9 Å². The molecular formula is C16H14N4O3S. The zero-order valence-electron chi connectivity index (χ0n) is 12.9. The molecule has 1 aliphatic heterocycles. The Labute approximate surface area is 141 Å². The monoisotopic (exact) mass is 342 g/mol. The van der Waals surface area contributed by atoms with E-state index in [1.165, 1.54) is 11.3 Å². The van der Waals surface area contributed by atoms with Crippen LogP contribution in [0.5, 0.6) is 11.5 Å². The Bertz CT molecular complexity index is 932. The number of hydrogen-bond acceptors (Lipinski definition) is 6. The number of thiazole rings is 1. The zero-order valence-corrected chi connectivity index (χ0v) is 13.7. The number of ether oxygens (including phenoxy) is 2. The lowest BCUT2D eigenvalue weighted by Gasteiger charge is -2.05. The number of nitrogens with one attached hydrogen (secondary N) is 1. The Hall–Kier alpha value is -2.61. The topological polar surface area (TPSA) is 78.3 Å². The number of amides is 1. The Morgan fingerprint density at radius 2 is 2.08 bits per heavy atom. The van der Waals surface area contributed by atoms with Crippen molar-refractivity contribution < 1.29 is 14.3 Å². The van der Waals surface area contributed by atoms with Crippen LogP contribution in [0.1, 0.15) is 18.5 Å². The molecule has 3 aromatic rings. The fraction of sp³-hybridized carbons (Fsp3) is 0.312. The van der Waals surface area contributed by atoms with Gasteiger partial charge in [0.05, 0.1) is 15.9 Å². The molecule has 7 nitrogen and oxygen atoms in total. The van der Waals surface area contributed by atoms with E-state index in [4.69, 9.17) is 9.47 Å². The summed E-state index contributed by atoms with van der Waals surface area (Å²) in [6, 6.07) is 5.66. The fourth-order valence-electron chi connectivity index (χ4n) is 2.70. The third-order valence-corrected chi connectivity index (χ3v) is 5.08. The van der Waals surface area contributed by atoms with Crippen molar-refractivity contribution in [2.24, 2.45) is 5.92 Å². The number of carbonyl (C=O) groups is 1. The molecule has 1 aromatic carbocycles.